The molecule has 1 aliphatic rings. The molecule has 1 fully saturated rings. The second-order valence-electron chi connectivity index (χ2n) is 5.51. The molecule has 3 nitrogen and oxygen atoms in total. The molecule has 1 rings (SSSR count). The Bertz CT molecular complexity index is 197. The maximum atomic E-state index is 10.6. The van der Waals surface area contributed by atoms with Gasteiger partial charge in [0.05, 0.1) is 0 Å². The average molecular weight is 230 g/mol. The summed E-state index contributed by atoms with van der Waals surface area (Å²) in [6.07, 6.45) is 3.13. The number of hydrogen-bond acceptors (Lipinski definition) is 3. The van der Waals surface area contributed by atoms with E-state index in [1.807, 2.05) is 13.8 Å². The first-order chi connectivity index (χ1) is 7.43. The van der Waals surface area contributed by atoms with E-state index in [0.29, 0.717) is 18.6 Å². The summed E-state index contributed by atoms with van der Waals surface area (Å²) in [5.74, 6) is 0. The number of aliphatic hydroxyl groups is 1. The maximum Gasteiger partial charge on any atom is 0.186 e. The van der Waals surface area contributed by atoms with Crippen LogP contribution in [0.3, 0.4) is 0 Å². The lowest BCUT2D eigenvalue weighted by atomic mass is 9.70. The van der Waals surface area contributed by atoms with Crippen molar-refractivity contribution in [2.24, 2.45) is 5.41 Å². The Labute approximate surface area is 99.1 Å². The highest BCUT2D eigenvalue weighted by Crippen LogP contribution is 2.42. The highest BCUT2D eigenvalue weighted by atomic mass is 16.7. The van der Waals surface area contributed by atoms with Gasteiger partial charge in [-0.05, 0) is 44.9 Å². The minimum Gasteiger partial charge on any atom is -0.385 e. The van der Waals surface area contributed by atoms with Crippen molar-refractivity contribution >= 4 is 0 Å². The number of hydrogen-bond donors (Lipinski definition) is 1. The lowest BCUT2D eigenvalue weighted by Crippen LogP contribution is -2.49. The van der Waals surface area contributed by atoms with Crippen LogP contribution < -0.4 is 0 Å². The zero-order valence-electron chi connectivity index (χ0n) is 11.1. The van der Waals surface area contributed by atoms with Gasteiger partial charge in [0.25, 0.3) is 0 Å². The molecule has 0 amide bonds. The van der Waals surface area contributed by atoms with Crippen LogP contribution in [0, 0.1) is 5.41 Å². The van der Waals surface area contributed by atoms with Gasteiger partial charge in [0.1, 0.15) is 5.60 Å². The van der Waals surface area contributed by atoms with Crippen LogP contribution in [-0.2, 0) is 9.47 Å². The molecular formula is C13H26O3. The van der Waals surface area contributed by atoms with E-state index < -0.39 is 11.9 Å². The Hall–Kier alpha value is -0.120. The maximum absolute atomic E-state index is 10.6. The number of rotatable bonds is 5. The van der Waals surface area contributed by atoms with Gasteiger partial charge in [-0.15, -0.1) is 0 Å². The largest absolute Gasteiger partial charge is 0.385 e. The van der Waals surface area contributed by atoms with Crippen molar-refractivity contribution in [2.45, 2.75) is 65.3 Å². The minimum absolute atomic E-state index is 0.342. The van der Waals surface area contributed by atoms with Gasteiger partial charge in [-0.2, -0.15) is 0 Å². The molecular weight excluding hydrogens is 204 g/mol. The van der Waals surface area contributed by atoms with E-state index in [0.717, 1.165) is 25.7 Å². The zero-order chi connectivity index (χ0) is 12.2. The molecule has 0 aromatic heterocycles. The molecule has 3 heteroatoms. The van der Waals surface area contributed by atoms with E-state index in [1.165, 1.54) is 0 Å². The first-order valence-corrected chi connectivity index (χ1v) is 6.39. The Morgan fingerprint density at radius 3 is 1.81 bits per heavy atom. The quantitative estimate of drug-likeness (QED) is 0.738. The summed E-state index contributed by atoms with van der Waals surface area (Å²) in [7, 11) is 0. The van der Waals surface area contributed by atoms with E-state index >= 15 is 0 Å². The van der Waals surface area contributed by atoms with Gasteiger partial charge in [-0.25, -0.2) is 0 Å². The van der Waals surface area contributed by atoms with Crippen LogP contribution in [0.5, 0.6) is 0 Å². The Morgan fingerprint density at radius 2 is 1.44 bits per heavy atom. The highest BCUT2D eigenvalue weighted by Gasteiger charge is 2.43. The van der Waals surface area contributed by atoms with E-state index in [-0.39, 0.29) is 0 Å². The first kappa shape index (κ1) is 13.9. The summed E-state index contributed by atoms with van der Waals surface area (Å²) in [5, 5.41) is 10.6. The SMILES string of the molecule is CCOC(OCC)C1(O)CCC(C)(C)CC1. The molecule has 0 saturated heterocycles. The summed E-state index contributed by atoms with van der Waals surface area (Å²) in [5.41, 5.74) is -0.448. The van der Waals surface area contributed by atoms with Gasteiger partial charge in [0, 0.05) is 13.2 Å². The smallest absolute Gasteiger partial charge is 0.186 e. The van der Waals surface area contributed by atoms with Crippen molar-refractivity contribution in [1.29, 1.82) is 0 Å². The molecule has 0 unspecified atom stereocenters. The van der Waals surface area contributed by atoms with Gasteiger partial charge >= 0.3 is 0 Å². The van der Waals surface area contributed by atoms with Crippen LogP contribution in [0.4, 0.5) is 0 Å². The molecule has 0 bridgehead atoms. The summed E-state index contributed by atoms with van der Waals surface area (Å²) in [6, 6.07) is 0. The second-order valence-corrected chi connectivity index (χ2v) is 5.51. The fourth-order valence-corrected chi connectivity index (χ4v) is 2.26. The predicted octanol–water partition coefficient (Wildman–Crippen LogP) is 2.72. The summed E-state index contributed by atoms with van der Waals surface area (Å²) in [4.78, 5) is 0. The Balaban J connectivity index is 2.61. The van der Waals surface area contributed by atoms with Crippen LogP contribution in [0.1, 0.15) is 53.4 Å². The van der Waals surface area contributed by atoms with Crippen molar-refractivity contribution in [3.05, 3.63) is 0 Å². The van der Waals surface area contributed by atoms with E-state index in [4.69, 9.17) is 9.47 Å². The Kier molecular flexibility index (Phi) is 4.77. The molecule has 0 heterocycles. The van der Waals surface area contributed by atoms with Gasteiger partial charge in [0.15, 0.2) is 6.29 Å². The third kappa shape index (κ3) is 3.44. The van der Waals surface area contributed by atoms with Crippen molar-refractivity contribution in [1.82, 2.24) is 0 Å². The van der Waals surface area contributed by atoms with E-state index in [9.17, 15) is 5.11 Å². The molecule has 0 radical (unpaired) electrons. The van der Waals surface area contributed by atoms with Gasteiger partial charge in [0.2, 0.25) is 0 Å². The summed E-state index contributed by atoms with van der Waals surface area (Å²) in [6.45, 7) is 9.53. The van der Waals surface area contributed by atoms with E-state index in [1.54, 1.807) is 0 Å². The van der Waals surface area contributed by atoms with Crippen LogP contribution in [0.25, 0.3) is 0 Å². The van der Waals surface area contributed by atoms with Crippen LogP contribution >= 0.6 is 0 Å². The lowest BCUT2D eigenvalue weighted by Gasteiger charge is -2.43. The molecule has 0 aromatic carbocycles. The summed E-state index contributed by atoms with van der Waals surface area (Å²) >= 11 is 0. The van der Waals surface area contributed by atoms with Crippen LogP contribution in [-0.4, -0.2) is 30.2 Å². The predicted molar refractivity (Wildman–Crippen MR) is 64.2 cm³/mol. The summed E-state index contributed by atoms with van der Waals surface area (Å²) < 4.78 is 11.0. The van der Waals surface area contributed by atoms with Gasteiger partial charge in [-0.3, -0.25) is 0 Å². The number of ether oxygens (including phenoxy) is 2. The monoisotopic (exact) mass is 230 g/mol. The topological polar surface area (TPSA) is 38.7 Å². The molecule has 0 aliphatic heterocycles. The van der Waals surface area contributed by atoms with Crippen molar-refractivity contribution in [3.8, 4) is 0 Å². The third-order valence-electron chi connectivity index (χ3n) is 3.54. The second kappa shape index (κ2) is 5.48. The minimum atomic E-state index is -0.790. The van der Waals surface area contributed by atoms with Crippen LogP contribution in [0.15, 0.2) is 0 Å². The molecule has 1 aliphatic carbocycles. The highest BCUT2D eigenvalue weighted by molar-refractivity contribution is 4.91. The molecule has 0 atom stereocenters. The first-order valence-electron chi connectivity index (χ1n) is 6.39. The van der Waals surface area contributed by atoms with E-state index in [2.05, 4.69) is 13.8 Å². The molecule has 16 heavy (non-hydrogen) atoms. The fraction of sp³-hybridized carbons (Fsp3) is 1.00. The van der Waals surface area contributed by atoms with Crippen molar-refractivity contribution in [3.63, 3.8) is 0 Å². The van der Waals surface area contributed by atoms with Crippen LogP contribution in [0.2, 0.25) is 0 Å². The molecule has 0 aromatic rings. The van der Waals surface area contributed by atoms with Crippen molar-refractivity contribution < 1.29 is 14.6 Å². The lowest BCUT2D eigenvalue weighted by molar-refractivity contribution is -0.248. The third-order valence-corrected chi connectivity index (χ3v) is 3.54. The van der Waals surface area contributed by atoms with Gasteiger partial charge < -0.3 is 14.6 Å². The molecule has 96 valence electrons. The normalized spacial score (nSPS) is 23.6. The average Bonchev–Trinajstić information content (AvgIpc) is 2.23. The van der Waals surface area contributed by atoms with Gasteiger partial charge in [-0.1, -0.05) is 13.8 Å². The molecule has 1 saturated carbocycles. The zero-order valence-corrected chi connectivity index (χ0v) is 11.1. The fourth-order valence-electron chi connectivity index (χ4n) is 2.26. The van der Waals surface area contributed by atoms with Crippen molar-refractivity contribution in [2.75, 3.05) is 13.2 Å². The Morgan fingerprint density at radius 1 is 1.00 bits per heavy atom. The molecule has 0 spiro atoms. The standard InChI is InChI=1S/C13H26O3/c1-5-15-11(16-6-2)13(14)9-7-12(3,4)8-10-13/h11,14H,5-10H2,1-4H3. The molecule has 1 N–H and O–H groups in total.